The Balaban J connectivity index is 2.27. The molecule has 2 rings (SSSR count). The fourth-order valence-electron chi connectivity index (χ4n) is 1.43. The Kier molecular flexibility index (Phi) is 3.03. The molecule has 0 amide bonds. The van der Waals surface area contributed by atoms with Crippen LogP contribution in [0, 0.1) is 13.8 Å². The highest BCUT2D eigenvalue weighted by Gasteiger charge is 2.04. The van der Waals surface area contributed by atoms with Gasteiger partial charge in [0.1, 0.15) is 11.5 Å². The van der Waals surface area contributed by atoms with E-state index in [2.05, 4.69) is 0 Å². The van der Waals surface area contributed by atoms with Crippen molar-refractivity contribution in [1.82, 2.24) is 0 Å². The number of rotatable bonds is 2. The Morgan fingerprint density at radius 2 is 1.25 bits per heavy atom. The van der Waals surface area contributed by atoms with Crippen LogP contribution >= 0.6 is 22.7 Å². The largest absolute Gasteiger partial charge is 0.506 e. The second-order valence-electron chi connectivity index (χ2n) is 3.55. The molecule has 2 aromatic heterocycles. The molecule has 84 valence electrons. The highest BCUT2D eigenvalue weighted by molar-refractivity contribution is 7.14. The van der Waals surface area contributed by atoms with Crippen molar-refractivity contribution < 1.29 is 10.2 Å². The van der Waals surface area contributed by atoms with Gasteiger partial charge in [0, 0.05) is 9.75 Å². The normalized spacial score (nSPS) is 11.4. The first kappa shape index (κ1) is 11.2. The molecule has 0 unspecified atom stereocenters. The number of aromatic hydroxyl groups is 2. The van der Waals surface area contributed by atoms with E-state index >= 15 is 0 Å². The zero-order chi connectivity index (χ0) is 11.7. The molecular weight excluding hydrogens is 240 g/mol. The molecule has 16 heavy (non-hydrogen) atoms. The summed E-state index contributed by atoms with van der Waals surface area (Å²) in [5, 5.41) is 19.2. The lowest BCUT2D eigenvalue weighted by Crippen LogP contribution is -1.63. The van der Waals surface area contributed by atoms with Crippen molar-refractivity contribution >= 4 is 34.8 Å². The highest BCUT2D eigenvalue weighted by Crippen LogP contribution is 2.33. The number of aryl methyl sites for hydroxylation is 2. The molecule has 2 nitrogen and oxygen atoms in total. The third-order valence-electron chi connectivity index (χ3n) is 2.11. The van der Waals surface area contributed by atoms with Crippen LogP contribution in [-0.2, 0) is 0 Å². The van der Waals surface area contributed by atoms with E-state index in [1.807, 2.05) is 26.0 Å². The lowest BCUT2D eigenvalue weighted by atomic mass is 10.3. The average Bonchev–Trinajstić information content (AvgIpc) is 2.66. The molecule has 0 aliphatic carbocycles. The minimum Gasteiger partial charge on any atom is -0.506 e. The van der Waals surface area contributed by atoms with E-state index in [-0.39, 0.29) is 0 Å². The molecule has 4 heteroatoms. The maximum absolute atomic E-state index is 9.58. The zero-order valence-electron chi connectivity index (χ0n) is 9.02. The Morgan fingerprint density at radius 3 is 1.50 bits per heavy atom. The van der Waals surface area contributed by atoms with Gasteiger partial charge in [-0.15, -0.1) is 22.7 Å². The van der Waals surface area contributed by atoms with Crippen molar-refractivity contribution in [2.75, 3.05) is 0 Å². The van der Waals surface area contributed by atoms with Gasteiger partial charge in [-0.25, -0.2) is 0 Å². The lowest BCUT2D eigenvalue weighted by molar-refractivity contribution is 0.475. The number of hydrogen-bond acceptors (Lipinski definition) is 4. The van der Waals surface area contributed by atoms with E-state index in [0.717, 1.165) is 19.5 Å². The van der Waals surface area contributed by atoms with Gasteiger partial charge < -0.3 is 10.2 Å². The molecule has 0 saturated carbocycles. The summed E-state index contributed by atoms with van der Waals surface area (Å²) >= 11 is 3.06. The van der Waals surface area contributed by atoms with Gasteiger partial charge in [-0.3, -0.25) is 0 Å². The fraction of sp³-hybridized carbons (Fsp3) is 0.167. The highest BCUT2D eigenvalue weighted by atomic mass is 32.1. The van der Waals surface area contributed by atoms with Crippen molar-refractivity contribution in [3.8, 4) is 11.5 Å². The minimum atomic E-state index is 0.298. The second-order valence-corrected chi connectivity index (χ2v) is 6.12. The van der Waals surface area contributed by atoms with Gasteiger partial charge in [0.15, 0.2) is 0 Å². The maximum atomic E-state index is 9.58. The predicted molar refractivity (Wildman–Crippen MR) is 70.4 cm³/mol. The van der Waals surface area contributed by atoms with Crippen LogP contribution in [0.2, 0.25) is 0 Å². The monoisotopic (exact) mass is 252 g/mol. The summed E-state index contributed by atoms with van der Waals surface area (Å²) < 4.78 is 0. The summed E-state index contributed by atoms with van der Waals surface area (Å²) in [7, 11) is 0. The molecule has 0 radical (unpaired) electrons. The molecule has 2 heterocycles. The van der Waals surface area contributed by atoms with Crippen molar-refractivity contribution in [3.63, 3.8) is 0 Å². The molecule has 0 bridgehead atoms. The molecule has 0 aromatic carbocycles. The van der Waals surface area contributed by atoms with Crippen LogP contribution in [0.5, 0.6) is 11.5 Å². The Morgan fingerprint density at radius 1 is 0.875 bits per heavy atom. The number of thiophene rings is 2. The zero-order valence-corrected chi connectivity index (χ0v) is 10.7. The van der Waals surface area contributed by atoms with Gasteiger partial charge in [0.05, 0.1) is 9.75 Å². The smallest absolute Gasteiger partial charge is 0.133 e. The minimum absolute atomic E-state index is 0.298. The molecule has 0 aliphatic rings. The van der Waals surface area contributed by atoms with E-state index in [0.29, 0.717) is 11.5 Å². The van der Waals surface area contributed by atoms with Gasteiger partial charge in [0.2, 0.25) is 0 Å². The Hall–Kier alpha value is -1.26. The van der Waals surface area contributed by atoms with Gasteiger partial charge >= 0.3 is 0 Å². The SMILES string of the molecule is Cc1cc(O)c(/C=C/c2sc(C)cc2O)s1. The van der Waals surface area contributed by atoms with Crippen LogP contribution in [0.4, 0.5) is 0 Å². The van der Waals surface area contributed by atoms with Gasteiger partial charge in [-0.2, -0.15) is 0 Å². The van der Waals surface area contributed by atoms with E-state index < -0.39 is 0 Å². The van der Waals surface area contributed by atoms with Crippen LogP contribution in [-0.4, -0.2) is 10.2 Å². The first-order valence-corrected chi connectivity index (χ1v) is 6.46. The van der Waals surface area contributed by atoms with Crippen LogP contribution in [0.1, 0.15) is 19.5 Å². The van der Waals surface area contributed by atoms with E-state index in [9.17, 15) is 10.2 Å². The van der Waals surface area contributed by atoms with Crippen molar-refractivity contribution in [1.29, 1.82) is 0 Å². The second kappa shape index (κ2) is 4.31. The quantitative estimate of drug-likeness (QED) is 0.848. The van der Waals surface area contributed by atoms with Crippen LogP contribution < -0.4 is 0 Å². The summed E-state index contributed by atoms with van der Waals surface area (Å²) in [4.78, 5) is 3.79. The molecule has 0 spiro atoms. The Bertz CT molecular complexity index is 487. The van der Waals surface area contributed by atoms with Gasteiger partial charge in [-0.1, -0.05) is 0 Å². The predicted octanol–water partition coefficient (Wildman–Crippen LogP) is 4.01. The molecular formula is C12H12O2S2. The van der Waals surface area contributed by atoms with E-state index in [4.69, 9.17) is 0 Å². The summed E-state index contributed by atoms with van der Waals surface area (Å²) in [5.74, 6) is 0.595. The molecule has 0 atom stereocenters. The summed E-state index contributed by atoms with van der Waals surface area (Å²) in [5.41, 5.74) is 0. The third kappa shape index (κ3) is 2.28. The lowest BCUT2D eigenvalue weighted by Gasteiger charge is -1.89. The van der Waals surface area contributed by atoms with Crippen LogP contribution in [0.3, 0.4) is 0 Å². The summed E-state index contributed by atoms with van der Waals surface area (Å²) in [6.07, 6.45) is 3.66. The van der Waals surface area contributed by atoms with Crippen LogP contribution in [0.15, 0.2) is 12.1 Å². The van der Waals surface area contributed by atoms with Crippen molar-refractivity contribution in [2.45, 2.75) is 13.8 Å². The van der Waals surface area contributed by atoms with Gasteiger partial charge in [-0.05, 0) is 38.1 Å². The topological polar surface area (TPSA) is 40.5 Å². The van der Waals surface area contributed by atoms with Crippen molar-refractivity contribution in [3.05, 3.63) is 31.6 Å². The molecule has 0 aliphatic heterocycles. The van der Waals surface area contributed by atoms with Crippen molar-refractivity contribution in [2.24, 2.45) is 0 Å². The van der Waals surface area contributed by atoms with Crippen LogP contribution in [0.25, 0.3) is 12.2 Å². The maximum Gasteiger partial charge on any atom is 0.133 e. The van der Waals surface area contributed by atoms with E-state index in [1.54, 1.807) is 12.1 Å². The number of hydrogen-bond donors (Lipinski definition) is 2. The third-order valence-corrected chi connectivity index (χ3v) is 4.12. The molecule has 0 saturated heterocycles. The molecule has 2 N–H and O–H groups in total. The fourth-order valence-corrected chi connectivity index (χ4v) is 3.06. The average molecular weight is 252 g/mol. The first-order chi connectivity index (χ1) is 7.56. The summed E-state index contributed by atoms with van der Waals surface area (Å²) in [6, 6.07) is 3.48. The first-order valence-electron chi connectivity index (χ1n) is 4.83. The standard InChI is InChI=1S/C12H12O2S2/c1-7-5-9(13)11(15-7)3-4-12-10(14)6-8(2)16-12/h3-6,13-14H,1-2H3/b4-3+. The molecule has 0 fully saturated rings. The van der Waals surface area contributed by atoms with Gasteiger partial charge in [0.25, 0.3) is 0 Å². The molecule has 2 aromatic rings. The summed E-state index contributed by atoms with van der Waals surface area (Å²) in [6.45, 7) is 3.91. The van der Waals surface area contributed by atoms with E-state index in [1.165, 1.54) is 22.7 Å². The Labute approximate surface area is 102 Å².